The van der Waals surface area contributed by atoms with Gasteiger partial charge in [-0.1, -0.05) is 36.4 Å². The first-order chi connectivity index (χ1) is 13.8. The van der Waals surface area contributed by atoms with Crippen molar-refractivity contribution in [3.63, 3.8) is 0 Å². The summed E-state index contributed by atoms with van der Waals surface area (Å²) in [5.74, 6) is 1.72. The number of ether oxygens (including phenoxy) is 2. The number of benzene rings is 3. The SMILES string of the molecule is O=C(COc1ccc2ccccc2c1)Nc1cccc(Oc2ccncc2)c1. The van der Waals surface area contributed by atoms with Crippen LogP contribution in [-0.2, 0) is 4.79 Å². The van der Waals surface area contributed by atoms with Gasteiger partial charge in [0.15, 0.2) is 6.61 Å². The third kappa shape index (κ3) is 4.45. The molecule has 5 nitrogen and oxygen atoms in total. The lowest BCUT2D eigenvalue weighted by atomic mass is 10.1. The minimum Gasteiger partial charge on any atom is -0.484 e. The molecule has 0 unspecified atom stereocenters. The zero-order valence-corrected chi connectivity index (χ0v) is 15.0. The molecule has 0 atom stereocenters. The monoisotopic (exact) mass is 370 g/mol. The van der Waals surface area contributed by atoms with E-state index >= 15 is 0 Å². The van der Waals surface area contributed by atoms with Gasteiger partial charge in [0, 0.05) is 24.1 Å². The third-order valence-electron chi connectivity index (χ3n) is 4.09. The predicted molar refractivity (Wildman–Crippen MR) is 109 cm³/mol. The van der Waals surface area contributed by atoms with E-state index in [-0.39, 0.29) is 12.5 Å². The molecule has 138 valence electrons. The molecule has 0 aliphatic carbocycles. The Morgan fingerprint density at radius 1 is 0.786 bits per heavy atom. The van der Waals surface area contributed by atoms with E-state index in [4.69, 9.17) is 9.47 Å². The average molecular weight is 370 g/mol. The first-order valence-corrected chi connectivity index (χ1v) is 8.86. The maximum absolute atomic E-state index is 12.2. The molecule has 28 heavy (non-hydrogen) atoms. The van der Waals surface area contributed by atoms with Crippen molar-refractivity contribution in [3.05, 3.63) is 91.3 Å². The second kappa shape index (κ2) is 8.22. The van der Waals surface area contributed by atoms with E-state index in [0.29, 0.717) is 22.9 Å². The Hall–Kier alpha value is -3.86. The molecule has 4 rings (SSSR count). The van der Waals surface area contributed by atoms with E-state index in [2.05, 4.69) is 10.3 Å². The largest absolute Gasteiger partial charge is 0.484 e. The van der Waals surface area contributed by atoms with Crippen LogP contribution in [0.15, 0.2) is 91.3 Å². The number of hydrogen-bond donors (Lipinski definition) is 1. The van der Waals surface area contributed by atoms with Crippen LogP contribution in [0.1, 0.15) is 0 Å². The zero-order valence-electron chi connectivity index (χ0n) is 15.0. The van der Waals surface area contributed by atoms with Crippen LogP contribution in [0.5, 0.6) is 17.2 Å². The number of aromatic nitrogens is 1. The molecule has 1 N–H and O–H groups in total. The van der Waals surface area contributed by atoms with Gasteiger partial charge in [-0.3, -0.25) is 9.78 Å². The molecule has 5 heteroatoms. The molecule has 1 heterocycles. The summed E-state index contributed by atoms with van der Waals surface area (Å²) in [5.41, 5.74) is 0.638. The van der Waals surface area contributed by atoms with Gasteiger partial charge in [0.1, 0.15) is 17.2 Å². The molecule has 0 saturated carbocycles. The zero-order chi connectivity index (χ0) is 19.2. The van der Waals surface area contributed by atoms with Gasteiger partial charge in [0.2, 0.25) is 0 Å². The summed E-state index contributed by atoms with van der Waals surface area (Å²) in [4.78, 5) is 16.2. The van der Waals surface area contributed by atoms with Gasteiger partial charge in [-0.2, -0.15) is 0 Å². The quantitative estimate of drug-likeness (QED) is 0.516. The van der Waals surface area contributed by atoms with Crippen molar-refractivity contribution in [2.75, 3.05) is 11.9 Å². The number of nitrogens with one attached hydrogen (secondary N) is 1. The highest BCUT2D eigenvalue weighted by atomic mass is 16.5. The fraction of sp³-hybridized carbons (Fsp3) is 0.0435. The first-order valence-electron chi connectivity index (χ1n) is 8.86. The summed E-state index contributed by atoms with van der Waals surface area (Å²) >= 11 is 0. The van der Waals surface area contributed by atoms with Crippen molar-refractivity contribution in [1.82, 2.24) is 4.98 Å². The number of pyridine rings is 1. The summed E-state index contributed by atoms with van der Waals surface area (Å²) in [6.07, 6.45) is 3.32. The molecule has 0 saturated heterocycles. The molecule has 1 aromatic heterocycles. The number of fused-ring (bicyclic) bond motifs is 1. The second-order valence-corrected chi connectivity index (χ2v) is 6.16. The standard InChI is InChI=1S/C23H18N2O3/c26-23(16-27-21-9-8-17-4-1-2-5-18(17)14-21)25-19-6-3-7-22(15-19)28-20-10-12-24-13-11-20/h1-15H,16H2,(H,25,26). The highest BCUT2D eigenvalue weighted by Gasteiger charge is 2.06. The fourth-order valence-electron chi connectivity index (χ4n) is 2.78. The summed E-state index contributed by atoms with van der Waals surface area (Å²) in [7, 11) is 0. The number of amides is 1. The van der Waals surface area contributed by atoms with E-state index in [1.165, 1.54) is 0 Å². The Morgan fingerprint density at radius 3 is 2.46 bits per heavy atom. The van der Waals surface area contributed by atoms with E-state index in [9.17, 15) is 4.79 Å². The Balaban J connectivity index is 1.36. The lowest BCUT2D eigenvalue weighted by Gasteiger charge is -2.10. The van der Waals surface area contributed by atoms with Gasteiger partial charge in [0.05, 0.1) is 0 Å². The van der Waals surface area contributed by atoms with Gasteiger partial charge in [0.25, 0.3) is 5.91 Å². The highest BCUT2D eigenvalue weighted by molar-refractivity contribution is 5.92. The van der Waals surface area contributed by atoms with Gasteiger partial charge in [-0.25, -0.2) is 0 Å². The number of rotatable bonds is 6. The number of carbonyl (C=O) groups excluding carboxylic acids is 1. The van der Waals surface area contributed by atoms with Crippen molar-refractivity contribution >= 4 is 22.4 Å². The highest BCUT2D eigenvalue weighted by Crippen LogP contribution is 2.24. The van der Waals surface area contributed by atoms with Gasteiger partial charge in [-0.05, 0) is 47.2 Å². The Bertz CT molecular complexity index is 1100. The number of anilines is 1. The van der Waals surface area contributed by atoms with Crippen molar-refractivity contribution in [2.24, 2.45) is 0 Å². The molecule has 4 aromatic rings. The molecule has 0 aliphatic heterocycles. The van der Waals surface area contributed by atoms with Crippen LogP contribution >= 0.6 is 0 Å². The van der Waals surface area contributed by atoms with Crippen LogP contribution in [-0.4, -0.2) is 17.5 Å². The number of carbonyl (C=O) groups is 1. The van der Waals surface area contributed by atoms with Gasteiger partial charge < -0.3 is 14.8 Å². The Kier molecular flexibility index (Phi) is 5.15. The molecular formula is C23H18N2O3. The summed E-state index contributed by atoms with van der Waals surface area (Å²) in [6, 6.07) is 24.5. The van der Waals surface area contributed by atoms with Crippen LogP contribution in [0, 0.1) is 0 Å². The van der Waals surface area contributed by atoms with Crippen molar-refractivity contribution in [2.45, 2.75) is 0 Å². The van der Waals surface area contributed by atoms with Crippen LogP contribution in [0.3, 0.4) is 0 Å². The minimum absolute atomic E-state index is 0.0756. The molecule has 0 radical (unpaired) electrons. The molecule has 1 amide bonds. The summed E-state index contributed by atoms with van der Waals surface area (Å²) in [5, 5.41) is 5.02. The minimum atomic E-state index is -0.241. The van der Waals surface area contributed by atoms with E-state index < -0.39 is 0 Å². The number of nitrogens with zero attached hydrogens (tertiary/aromatic N) is 1. The topological polar surface area (TPSA) is 60.5 Å². The Labute approximate surface area is 162 Å². The maximum atomic E-state index is 12.2. The molecule has 0 spiro atoms. The van der Waals surface area contributed by atoms with Crippen LogP contribution in [0.2, 0.25) is 0 Å². The smallest absolute Gasteiger partial charge is 0.262 e. The molecule has 0 bridgehead atoms. The average Bonchev–Trinajstić information content (AvgIpc) is 2.73. The molecule has 0 fully saturated rings. The lowest BCUT2D eigenvalue weighted by molar-refractivity contribution is -0.118. The molecule has 0 aliphatic rings. The summed E-state index contributed by atoms with van der Waals surface area (Å²) < 4.78 is 11.4. The number of hydrogen-bond acceptors (Lipinski definition) is 4. The van der Waals surface area contributed by atoms with Crippen molar-refractivity contribution in [3.8, 4) is 17.2 Å². The second-order valence-electron chi connectivity index (χ2n) is 6.16. The molecular weight excluding hydrogens is 352 g/mol. The third-order valence-corrected chi connectivity index (χ3v) is 4.09. The van der Waals surface area contributed by atoms with Crippen LogP contribution < -0.4 is 14.8 Å². The van der Waals surface area contributed by atoms with E-state index in [1.807, 2.05) is 54.6 Å². The normalized spacial score (nSPS) is 10.4. The maximum Gasteiger partial charge on any atom is 0.262 e. The van der Waals surface area contributed by atoms with Crippen molar-refractivity contribution in [1.29, 1.82) is 0 Å². The molecule has 3 aromatic carbocycles. The lowest BCUT2D eigenvalue weighted by Crippen LogP contribution is -2.20. The first kappa shape index (κ1) is 17.5. The van der Waals surface area contributed by atoms with E-state index in [1.54, 1.807) is 36.7 Å². The predicted octanol–water partition coefficient (Wildman–Crippen LogP) is 5.04. The Morgan fingerprint density at radius 2 is 1.61 bits per heavy atom. The van der Waals surface area contributed by atoms with Crippen LogP contribution in [0.4, 0.5) is 5.69 Å². The van der Waals surface area contributed by atoms with Gasteiger partial charge in [-0.15, -0.1) is 0 Å². The van der Waals surface area contributed by atoms with Crippen molar-refractivity contribution < 1.29 is 14.3 Å². The summed E-state index contributed by atoms with van der Waals surface area (Å²) in [6.45, 7) is -0.0756. The fourth-order valence-corrected chi connectivity index (χ4v) is 2.78. The van der Waals surface area contributed by atoms with Gasteiger partial charge >= 0.3 is 0 Å². The van der Waals surface area contributed by atoms with E-state index in [0.717, 1.165) is 10.8 Å². The van der Waals surface area contributed by atoms with Crippen LogP contribution in [0.25, 0.3) is 10.8 Å².